The lowest BCUT2D eigenvalue weighted by atomic mass is 10.0. The van der Waals surface area contributed by atoms with Crippen molar-refractivity contribution in [2.45, 2.75) is 31.7 Å². The van der Waals surface area contributed by atoms with E-state index in [1.54, 1.807) is 5.48 Å². The Bertz CT molecular complexity index is 1110. The van der Waals surface area contributed by atoms with E-state index >= 15 is 0 Å². The summed E-state index contributed by atoms with van der Waals surface area (Å²) in [7, 11) is 0. The van der Waals surface area contributed by atoms with Gasteiger partial charge in [0.2, 0.25) is 0 Å². The molecule has 1 atom stereocenters. The van der Waals surface area contributed by atoms with Crippen LogP contribution in [0.4, 0.5) is 17.1 Å². The van der Waals surface area contributed by atoms with Gasteiger partial charge >= 0.3 is 0 Å². The molecule has 0 aliphatic carbocycles. The number of aryl methyl sites for hydroxylation is 1. The minimum Gasteiger partial charge on any atom is -0.379 e. The maximum absolute atomic E-state index is 12.3. The van der Waals surface area contributed by atoms with Crippen LogP contribution >= 0.6 is 0 Å². The number of pyridine rings is 2. The molecule has 0 saturated carbocycles. The molecule has 5 rings (SSSR count). The number of amides is 1. The molecule has 2 aliphatic heterocycles. The van der Waals surface area contributed by atoms with Gasteiger partial charge in [0.25, 0.3) is 5.91 Å². The molecule has 0 spiro atoms. The summed E-state index contributed by atoms with van der Waals surface area (Å²) in [4.78, 5) is 23.6. The summed E-state index contributed by atoms with van der Waals surface area (Å²) in [6, 6.07) is 10.2. The molecule has 2 aromatic heterocycles. The average Bonchev–Trinajstić information content (AvgIpc) is 2.83. The van der Waals surface area contributed by atoms with Crippen molar-refractivity contribution in [3.05, 3.63) is 54.0 Å². The average molecular weight is 419 g/mol. The largest absolute Gasteiger partial charge is 0.379 e. The molecule has 8 heteroatoms. The molecule has 160 valence electrons. The van der Waals surface area contributed by atoms with E-state index in [9.17, 15) is 10.0 Å². The number of ether oxygens (including phenoxy) is 1. The minimum atomic E-state index is -0.589. The van der Waals surface area contributed by atoms with E-state index in [-0.39, 0.29) is 6.04 Å². The molecule has 31 heavy (non-hydrogen) atoms. The Kier molecular flexibility index (Phi) is 5.40. The zero-order valence-corrected chi connectivity index (χ0v) is 17.2. The number of benzene rings is 1. The summed E-state index contributed by atoms with van der Waals surface area (Å²) in [5.41, 5.74) is 6.76. The lowest BCUT2D eigenvalue weighted by Crippen LogP contribution is -2.31. The Hall–Kier alpha value is -3.23. The highest BCUT2D eigenvalue weighted by Gasteiger charge is 2.22. The molecule has 3 N–H and O–H groups in total. The molecule has 2 aliphatic rings. The fourth-order valence-corrected chi connectivity index (χ4v) is 4.46. The van der Waals surface area contributed by atoms with E-state index in [2.05, 4.69) is 32.3 Å². The van der Waals surface area contributed by atoms with Crippen LogP contribution in [0.25, 0.3) is 10.9 Å². The molecule has 0 radical (unpaired) electrons. The van der Waals surface area contributed by atoms with Gasteiger partial charge in [-0.3, -0.25) is 20.0 Å². The van der Waals surface area contributed by atoms with Crippen LogP contribution in [0.5, 0.6) is 0 Å². The number of carbonyl (C=O) groups excluding carboxylic acids is 1. The van der Waals surface area contributed by atoms with Gasteiger partial charge in [-0.25, -0.2) is 5.48 Å². The fraction of sp³-hybridized carbons (Fsp3) is 0.348. The molecular formula is C23H25N5O3. The first kappa shape index (κ1) is 19.7. The summed E-state index contributed by atoms with van der Waals surface area (Å²) in [6.07, 6.45) is 7.30. The molecule has 1 fully saturated rings. The van der Waals surface area contributed by atoms with Crippen molar-refractivity contribution in [1.82, 2.24) is 15.4 Å². The second kappa shape index (κ2) is 8.49. The van der Waals surface area contributed by atoms with Gasteiger partial charge in [0.15, 0.2) is 0 Å². The fourth-order valence-electron chi connectivity index (χ4n) is 4.46. The third-order valence-electron chi connectivity index (χ3n) is 5.97. The summed E-state index contributed by atoms with van der Waals surface area (Å²) < 4.78 is 5.58. The van der Waals surface area contributed by atoms with Gasteiger partial charge in [-0.15, -0.1) is 0 Å². The second-order valence-corrected chi connectivity index (χ2v) is 7.97. The van der Waals surface area contributed by atoms with Crippen LogP contribution in [0.2, 0.25) is 0 Å². The molecule has 1 unspecified atom stereocenters. The van der Waals surface area contributed by atoms with E-state index in [1.165, 1.54) is 6.20 Å². The highest BCUT2D eigenvalue weighted by Crippen LogP contribution is 2.35. The highest BCUT2D eigenvalue weighted by molar-refractivity contribution is 6.07. The Morgan fingerprint density at radius 2 is 2.16 bits per heavy atom. The number of anilines is 3. The Morgan fingerprint density at radius 3 is 3.00 bits per heavy atom. The van der Waals surface area contributed by atoms with Crippen LogP contribution in [0.1, 0.15) is 35.3 Å². The van der Waals surface area contributed by atoms with E-state index in [0.29, 0.717) is 17.9 Å². The first-order valence-corrected chi connectivity index (χ1v) is 10.7. The maximum atomic E-state index is 12.3. The van der Waals surface area contributed by atoms with Crippen molar-refractivity contribution >= 4 is 33.9 Å². The lowest BCUT2D eigenvalue weighted by molar-refractivity contribution is 0.0706. The summed E-state index contributed by atoms with van der Waals surface area (Å²) in [5.74, 6) is -0.589. The molecule has 1 amide bonds. The number of aromatic nitrogens is 2. The van der Waals surface area contributed by atoms with Gasteiger partial charge < -0.3 is 15.0 Å². The molecule has 4 heterocycles. The van der Waals surface area contributed by atoms with Gasteiger partial charge in [0.05, 0.1) is 34.8 Å². The van der Waals surface area contributed by atoms with Crippen molar-refractivity contribution in [3.8, 4) is 0 Å². The number of nitrogens with zero attached hydrogens (tertiary/aromatic N) is 3. The van der Waals surface area contributed by atoms with Crippen LogP contribution in [0.15, 0.2) is 42.7 Å². The number of nitrogens with one attached hydrogen (secondary N) is 2. The number of carbonyl (C=O) groups is 1. The second-order valence-electron chi connectivity index (χ2n) is 7.97. The monoisotopic (exact) mass is 419 g/mol. The highest BCUT2D eigenvalue weighted by atomic mass is 16.5. The SMILES string of the molecule is O=C(NO)c1cnc2cc(N3CCCc4ncccc43)ccc2c1NC1CCCOC1. The summed E-state index contributed by atoms with van der Waals surface area (Å²) in [6.45, 7) is 2.26. The van der Waals surface area contributed by atoms with Crippen molar-refractivity contribution in [2.24, 2.45) is 0 Å². The quantitative estimate of drug-likeness (QED) is 0.440. The van der Waals surface area contributed by atoms with Crippen molar-refractivity contribution in [2.75, 3.05) is 30.0 Å². The van der Waals surface area contributed by atoms with Crippen LogP contribution in [-0.2, 0) is 11.2 Å². The van der Waals surface area contributed by atoms with Crippen molar-refractivity contribution in [1.29, 1.82) is 0 Å². The molecule has 1 aromatic carbocycles. The Labute approximate surface area is 180 Å². The number of hydrogen-bond donors (Lipinski definition) is 3. The predicted molar refractivity (Wildman–Crippen MR) is 118 cm³/mol. The zero-order chi connectivity index (χ0) is 21.2. The molecule has 0 bridgehead atoms. The standard InChI is InChI=1S/C23H25N5O3/c29-23(27-30)18-13-25-20-12-16(28-10-2-5-19-21(28)6-1-9-24-19)7-8-17(20)22(18)26-15-4-3-11-31-14-15/h1,6-9,12-13,15,30H,2-5,10-11,14H2,(H,25,26)(H,27,29). The number of hydroxylamine groups is 1. The molecule has 1 saturated heterocycles. The number of rotatable bonds is 4. The first-order valence-electron chi connectivity index (χ1n) is 10.7. The van der Waals surface area contributed by atoms with Crippen LogP contribution < -0.4 is 15.7 Å². The van der Waals surface area contributed by atoms with E-state index in [4.69, 9.17) is 4.74 Å². The normalized spacial score (nSPS) is 18.5. The van der Waals surface area contributed by atoms with Crippen LogP contribution in [0, 0.1) is 0 Å². The minimum absolute atomic E-state index is 0.101. The van der Waals surface area contributed by atoms with Crippen LogP contribution in [0.3, 0.4) is 0 Å². The predicted octanol–water partition coefficient (Wildman–Crippen LogP) is 3.42. The van der Waals surface area contributed by atoms with E-state index in [1.807, 2.05) is 24.4 Å². The van der Waals surface area contributed by atoms with Gasteiger partial charge in [0.1, 0.15) is 0 Å². The van der Waals surface area contributed by atoms with Gasteiger partial charge in [0, 0.05) is 42.7 Å². The third-order valence-corrected chi connectivity index (χ3v) is 5.97. The van der Waals surface area contributed by atoms with E-state index < -0.39 is 5.91 Å². The van der Waals surface area contributed by atoms with Gasteiger partial charge in [-0.2, -0.15) is 0 Å². The number of fused-ring (bicyclic) bond motifs is 2. The summed E-state index contributed by atoms with van der Waals surface area (Å²) >= 11 is 0. The smallest absolute Gasteiger partial charge is 0.278 e. The number of hydrogen-bond acceptors (Lipinski definition) is 7. The Balaban J connectivity index is 1.56. The third kappa shape index (κ3) is 3.80. The maximum Gasteiger partial charge on any atom is 0.278 e. The van der Waals surface area contributed by atoms with Crippen molar-refractivity contribution in [3.63, 3.8) is 0 Å². The molecule has 3 aromatic rings. The summed E-state index contributed by atoms with van der Waals surface area (Å²) in [5, 5.41) is 13.5. The Morgan fingerprint density at radius 1 is 1.23 bits per heavy atom. The van der Waals surface area contributed by atoms with Gasteiger partial charge in [-0.05, 0) is 56.0 Å². The van der Waals surface area contributed by atoms with Gasteiger partial charge in [-0.1, -0.05) is 0 Å². The first-order chi connectivity index (χ1) is 15.2. The van der Waals surface area contributed by atoms with Crippen LogP contribution in [-0.4, -0.2) is 46.9 Å². The van der Waals surface area contributed by atoms with E-state index in [0.717, 1.165) is 66.8 Å². The molecule has 8 nitrogen and oxygen atoms in total. The topological polar surface area (TPSA) is 99.6 Å². The lowest BCUT2D eigenvalue weighted by Gasteiger charge is -2.31. The zero-order valence-electron chi connectivity index (χ0n) is 17.2. The molecular weight excluding hydrogens is 394 g/mol. The van der Waals surface area contributed by atoms with Crippen molar-refractivity contribution < 1.29 is 14.7 Å².